The molecule has 0 heterocycles. The van der Waals surface area contributed by atoms with Gasteiger partial charge in [-0.3, -0.25) is 4.79 Å². The summed E-state index contributed by atoms with van der Waals surface area (Å²) < 4.78 is 35.3. The molecule has 16 heavy (non-hydrogen) atoms. The highest BCUT2D eigenvalue weighted by Gasteiger charge is 2.27. The Bertz CT molecular complexity index is 217. The Morgan fingerprint density at radius 3 is 2.38 bits per heavy atom. The van der Waals surface area contributed by atoms with Gasteiger partial charge in [-0.25, -0.2) is 0 Å². The zero-order valence-corrected chi connectivity index (χ0v) is 9.47. The second kappa shape index (κ2) is 6.73. The van der Waals surface area contributed by atoms with Gasteiger partial charge in [0, 0.05) is 13.0 Å². The number of hydrogen-bond donors (Lipinski definition) is 2. The van der Waals surface area contributed by atoms with Crippen molar-refractivity contribution in [3.8, 4) is 0 Å². The third kappa shape index (κ3) is 9.76. The van der Waals surface area contributed by atoms with Crippen molar-refractivity contribution in [2.75, 3.05) is 6.54 Å². The number of rotatable bonds is 6. The van der Waals surface area contributed by atoms with Gasteiger partial charge < -0.3 is 10.4 Å². The van der Waals surface area contributed by atoms with Gasteiger partial charge in [-0.1, -0.05) is 6.92 Å². The Balaban J connectivity index is 3.65. The minimum Gasteiger partial charge on any atom is -0.393 e. The van der Waals surface area contributed by atoms with E-state index in [1.165, 1.54) is 0 Å². The van der Waals surface area contributed by atoms with E-state index in [1.54, 1.807) is 6.92 Å². The lowest BCUT2D eigenvalue weighted by Crippen LogP contribution is -2.30. The Morgan fingerprint density at radius 1 is 1.38 bits per heavy atom. The van der Waals surface area contributed by atoms with E-state index in [9.17, 15) is 18.0 Å². The van der Waals surface area contributed by atoms with Gasteiger partial charge in [0.15, 0.2) is 0 Å². The number of alkyl halides is 3. The van der Waals surface area contributed by atoms with Crippen LogP contribution in [0.2, 0.25) is 0 Å². The second-order valence-corrected chi connectivity index (χ2v) is 4.11. The molecule has 2 unspecified atom stereocenters. The molecule has 96 valence electrons. The van der Waals surface area contributed by atoms with Gasteiger partial charge in [-0.05, 0) is 19.3 Å². The minimum atomic E-state index is -4.29. The van der Waals surface area contributed by atoms with Crippen LogP contribution in [0.1, 0.15) is 33.1 Å². The number of aliphatic hydroxyl groups excluding tert-OH is 1. The second-order valence-electron chi connectivity index (χ2n) is 4.11. The normalized spacial score (nSPS) is 15.6. The molecule has 0 bridgehead atoms. The van der Waals surface area contributed by atoms with E-state index < -0.39 is 31.0 Å². The van der Waals surface area contributed by atoms with Crippen LogP contribution in [0.15, 0.2) is 0 Å². The monoisotopic (exact) mass is 241 g/mol. The van der Waals surface area contributed by atoms with Crippen molar-refractivity contribution in [1.29, 1.82) is 0 Å². The number of carbonyl (C=O) groups excluding carboxylic acids is 1. The fraction of sp³-hybridized carbons (Fsp3) is 0.900. The van der Waals surface area contributed by atoms with Crippen LogP contribution in [-0.2, 0) is 4.79 Å². The van der Waals surface area contributed by atoms with Crippen LogP contribution in [0, 0.1) is 5.92 Å². The first-order chi connectivity index (χ1) is 7.20. The van der Waals surface area contributed by atoms with Gasteiger partial charge >= 0.3 is 6.18 Å². The van der Waals surface area contributed by atoms with Gasteiger partial charge in [0.05, 0.1) is 12.5 Å². The number of aliphatic hydroxyl groups is 1. The van der Waals surface area contributed by atoms with Gasteiger partial charge in [0.1, 0.15) is 0 Å². The van der Waals surface area contributed by atoms with Gasteiger partial charge in [-0.15, -0.1) is 0 Å². The van der Waals surface area contributed by atoms with Crippen molar-refractivity contribution in [2.24, 2.45) is 5.92 Å². The maximum atomic E-state index is 11.8. The number of nitrogens with one attached hydrogen (secondary N) is 1. The Kier molecular flexibility index (Phi) is 6.40. The molecule has 0 fully saturated rings. The summed E-state index contributed by atoms with van der Waals surface area (Å²) in [6.45, 7) is 3.74. The van der Waals surface area contributed by atoms with Crippen LogP contribution < -0.4 is 5.32 Å². The first-order valence-corrected chi connectivity index (χ1v) is 5.22. The van der Waals surface area contributed by atoms with E-state index in [-0.39, 0.29) is 5.92 Å². The standard InChI is InChI=1S/C10H18F3NO2/c1-7(5-8(2)15)6-14-9(16)3-4-10(11,12)13/h7-8,15H,3-6H2,1-2H3,(H,14,16). The third-order valence-corrected chi connectivity index (χ3v) is 2.03. The van der Waals surface area contributed by atoms with Crippen molar-refractivity contribution in [3.05, 3.63) is 0 Å². The molecule has 0 saturated carbocycles. The smallest absolute Gasteiger partial charge is 0.389 e. The van der Waals surface area contributed by atoms with E-state index in [4.69, 9.17) is 5.11 Å². The predicted molar refractivity (Wildman–Crippen MR) is 53.8 cm³/mol. The summed E-state index contributed by atoms with van der Waals surface area (Å²) in [5, 5.41) is 11.4. The van der Waals surface area contributed by atoms with E-state index in [2.05, 4.69) is 5.32 Å². The van der Waals surface area contributed by atoms with Crippen molar-refractivity contribution in [2.45, 2.75) is 45.4 Å². The summed E-state index contributed by atoms with van der Waals surface area (Å²) >= 11 is 0. The molecule has 0 aliphatic rings. The lowest BCUT2D eigenvalue weighted by atomic mass is 10.0. The molecular formula is C10H18F3NO2. The van der Waals surface area contributed by atoms with Crippen molar-refractivity contribution in [1.82, 2.24) is 5.32 Å². The number of carbonyl (C=O) groups is 1. The van der Waals surface area contributed by atoms with Gasteiger partial charge in [0.25, 0.3) is 0 Å². The number of halogens is 3. The van der Waals surface area contributed by atoms with Crippen molar-refractivity contribution in [3.63, 3.8) is 0 Å². The average molecular weight is 241 g/mol. The topological polar surface area (TPSA) is 49.3 Å². The van der Waals surface area contributed by atoms with Crippen LogP contribution >= 0.6 is 0 Å². The molecule has 0 saturated heterocycles. The largest absolute Gasteiger partial charge is 0.393 e. The zero-order valence-electron chi connectivity index (χ0n) is 9.47. The fourth-order valence-corrected chi connectivity index (χ4v) is 1.30. The molecule has 0 rings (SSSR count). The summed E-state index contributed by atoms with van der Waals surface area (Å²) in [6.07, 6.45) is -5.88. The first kappa shape index (κ1) is 15.2. The quantitative estimate of drug-likeness (QED) is 0.745. The number of amides is 1. The molecule has 0 aromatic heterocycles. The summed E-state index contributed by atoms with van der Waals surface area (Å²) in [7, 11) is 0. The summed E-state index contributed by atoms with van der Waals surface area (Å²) in [4.78, 5) is 11.0. The molecule has 2 N–H and O–H groups in total. The molecular weight excluding hydrogens is 223 g/mol. The molecule has 6 heteroatoms. The highest BCUT2D eigenvalue weighted by atomic mass is 19.4. The molecule has 0 radical (unpaired) electrons. The van der Waals surface area contributed by atoms with Crippen LogP contribution in [0.3, 0.4) is 0 Å². The van der Waals surface area contributed by atoms with E-state index in [1.807, 2.05) is 6.92 Å². The van der Waals surface area contributed by atoms with Crippen LogP contribution in [0.5, 0.6) is 0 Å². The average Bonchev–Trinajstić information content (AvgIpc) is 2.09. The summed E-state index contributed by atoms with van der Waals surface area (Å²) in [6, 6.07) is 0. The lowest BCUT2D eigenvalue weighted by molar-refractivity contribution is -0.144. The fourth-order valence-electron chi connectivity index (χ4n) is 1.30. The Morgan fingerprint density at radius 2 is 1.94 bits per heavy atom. The van der Waals surface area contributed by atoms with E-state index in [0.29, 0.717) is 13.0 Å². The molecule has 3 nitrogen and oxygen atoms in total. The Hall–Kier alpha value is -0.780. The molecule has 0 spiro atoms. The zero-order chi connectivity index (χ0) is 12.8. The third-order valence-electron chi connectivity index (χ3n) is 2.03. The van der Waals surface area contributed by atoms with Crippen LogP contribution in [0.4, 0.5) is 13.2 Å². The van der Waals surface area contributed by atoms with Crippen molar-refractivity contribution >= 4 is 5.91 Å². The van der Waals surface area contributed by atoms with E-state index in [0.717, 1.165) is 0 Å². The highest BCUT2D eigenvalue weighted by Crippen LogP contribution is 2.20. The van der Waals surface area contributed by atoms with Crippen LogP contribution in [0.25, 0.3) is 0 Å². The molecule has 0 aromatic rings. The first-order valence-electron chi connectivity index (χ1n) is 5.22. The molecule has 0 aliphatic heterocycles. The maximum absolute atomic E-state index is 11.8. The lowest BCUT2D eigenvalue weighted by Gasteiger charge is -2.14. The van der Waals surface area contributed by atoms with Gasteiger partial charge in [-0.2, -0.15) is 13.2 Å². The molecule has 2 atom stereocenters. The van der Waals surface area contributed by atoms with E-state index >= 15 is 0 Å². The SMILES string of the molecule is CC(O)CC(C)CNC(=O)CCC(F)(F)F. The van der Waals surface area contributed by atoms with Gasteiger partial charge in [0.2, 0.25) is 5.91 Å². The minimum absolute atomic E-state index is 0.0508. The number of hydrogen-bond acceptors (Lipinski definition) is 2. The van der Waals surface area contributed by atoms with Crippen molar-refractivity contribution < 1.29 is 23.1 Å². The molecule has 0 aromatic carbocycles. The highest BCUT2D eigenvalue weighted by molar-refractivity contribution is 5.75. The Labute approximate surface area is 93.0 Å². The summed E-state index contributed by atoms with van der Waals surface area (Å²) in [5.41, 5.74) is 0. The molecule has 0 aliphatic carbocycles. The molecule has 1 amide bonds. The summed E-state index contributed by atoms with van der Waals surface area (Å²) in [5.74, 6) is -0.551. The van der Waals surface area contributed by atoms with Crippen LogP contribution in [-0.4, -0.2) is 29.8 Å². The maximum Gasteiger partial charge on any atom is 0.389 e. The predicted octanol–water partition coefficient (Wildman–Crippen LogP) is 1.85.